The Labute approximate surface area is 111 Å². The molecule has 0 bridgehead atoms. The van der Waals surface area contributed by atoms with Gasteiger partial charge in [-0.3, -0.25) is 4.79 Å². The highest BCUT2D eigenvalue weighted by molar-refractivity contribution is 5.28. The van der Waals surface area contributed by atoms with Gasteiger partial charge in [-0.2, -0.15) is 5.10 Å². The van der Waals surface area contributed by atoms with Crippen LogP contribution >= 0.6 is 0 Å². The van der Waals surface area contributed by atoms with E-state index in [0.29, 0.717) is 0 Å². The highest BCUT2D eigenvalue weighted by atomic mass is 16.5. The van der Waals surface area contributed by atoms with E-state index >= 15 is 0 Å². The van der Waals surface area contributed by atoms with Crippen LogP contribution in [0.3, 0.4) is 0 Å². The number of methoxy groups -OCH3 is 1. The van der Waals surface area contributed by atoms with Crippen molar-refractivity contribution in [1.82, 2.24) is 9.78 Å². The average Bonchev–Trinajstić information content (AvgIpc) is 2.42. The third-order valence-electron chi connectivity index (χ3n) is 2.85. The second-order valence-corrected chi connectivity index (χ2v) is 4.34. The van der Waals surface area contributed by atoms with Crippen molar-refractivity contribution >= 4 is 0 Å². The molecular weight excluding hydrogens is 244 g/mol. The molecule has 2 rings (SSSR count). The Morgan fingerprint density at radius 1 is 1.37 bits per heavy atom. The lowest BCUT2D eigenvalue weighted by Gasteiger charge is -2.12. The molecule has 0 aliphatic carbocycles. The third kappa shape index (κ3) is 3.20. The summed E-state index contributed by atoms with van der Waals surface area (Å²) in [4.78, 5) is 11.7. The van der Waals surface area contributed by atoms with Crippen molar-refractivity contribution in [2.24, 2.45) is 0 Å². The standard InChI is InChI=1S/C14H16N2O3/c1-10-7-14(18)16(15-8-10)9-13(17)11-3-5-12(19-2)6-4-11/h3-8,13,17H,9H2,1-2H3. The monoisotopic (exact) mass is 260 g/mol. The predicted octanol–water partition coefficient (Wildman–Crippen LogP) is 1.29. The number of aliphatic hydroxyl groups is 1. The van der Waals surface area contributed by atoms with Crippen LogP contribution < -0.4 is 10.3 Å². The smallest absolute Gasteiger partial charge is 0.267 e. The van der Waals surface area contributed by atoms with Crippen molar-refractivity contribution in [2.75, 3.05) is 7.11 Å². The lowest BCUT2D eigenvalue weighted by molar-refractivity contribution is 0.149. The quantitative estimate of drug-likeness (QED) is 0.899. The molecule has 19 heavy (non-hydrogen) atoms. The van der Waals surface area contributed by atoms with Gasteiger partial charge in [-0.05, 0) is 30.2 Å². The largest absolute Gasteiger partial charge is 0.497 e. The van der Waals surface area contributed by atoms with Gasteiger partial charge in [0.05, 0.1) is 26.0 Å². The molecule has 5 heteroatoms. The van der Waals surface area contributed by atoms with E-state index in [4.69, 9.17) is 4.74 Å². The molecule has 0 spiro atoms. The molecule has 0 aliphatic heterocycles. The molecule has 0 saturated heterocycles. The highest BCUT2D eigenvalue weighted by Crippen LogP contribution is 2.18. The SMILES string of the molecule is COc1ccc(C(O)Cn2ncc(C)cc2=O)cc1. The van der Waals surface area contributed by atoms with Gasteiger partial charge in [0.2, 0.25) is 0 Å². The fourth-order valence-electron chi connectivity index (χ4n) is 1.76. The third-order valence-corrected chi connectivity index (χ3v) is 2.85. The second-order valence-electron chi connectivity index (χ2n) is 4.34. The molecule has 1 unspecified atom stereocenters. The summed E-state index contributed by atoms with van der Waals surface area (Å²) in [6.07, 6.45) is 0.820. The van der Waals surface area contributed by atoms with Crippen molar-refractivity contribution in [1.29, 1.82) is 0 Å². The normalized spacial score (nSPS) is 12.2. The number of nitrogens with zero attached hydrogens (tertiary/aromatic N) is 2. The maximum atomic E-state index is 11.7. The number of hydrogen-bond acceptors (Lipinski definition) is 4. The molecule has 1 atom stereocenters. The summed E-state index contributed by atoms with van der Waals surface area (Å²) in [5.41, 5.74) is 1.31. The highest BCUT2D eigenvalue weighted by Gasteiger charge is 2.10. The maximum absolute atomic E-state index is 11.7. The first-order chi connectivity index (χ1) is 9.10. The Bertz CT molecular complexity index is 605. The second kappa shape index (κ2) is 5.67. The number of benzene rings is 1. The van der Waals surface area contributed by atoms with Gasteiger partial charge in [-0.15, -0.1) is 0 Å². The first-order valence-electron chi connectivity index (χ1n) is 5.96. The van der Waals surface area contributed by atoms with Crippen LogP contribution in [0.2, 0.25) is 0 Å². The van der Waals surface area contributed by atoms with Crippen molar-refractivity contribution in [3.8, 4) is 5.75 Å². The summed E-state index contributed by atoms with van der Waals surface area (Å²) < 4.78 is 6.30. The van der Waals surface area contributed by atoms with Crippen LogP contribution in [0.4, 0.5) is 0 Å². The van der Waals surface area contributed by atoms with Gasteiger partial charge in [0.15, 0.2) is 0 Å². The van der Waals surface area contributed by atoms with Crippen LogP contribution in [0.25, 0.3) is 0 Å². The Hall–Kier alpha value is -2.14. The number of ether oxygens (including phenoxy) is 1. The van der Waals surface area contributed by atoms with Crippen LogP contribution in [0.5, 0.6) is 5.75 Å². The fraction of sp³-hybridized carbons (Fsp3) is 0.286. The first-order valence-corrected chi connectivity index (χ1v) is 5.96. The summed E-state index contributed by atoms with van der Waals surface area (Å²) in [5.74, 6) is 0.724. The lowest BCUT2D eigenvalue weighted by Crippen LogP contribution is -2.25. The summed E-state index contributed by atoms with van der Waals surface area (Å²) in [6.45, 7) is 1.93. The summed E-state index contributed by atoms with van der Waals surface area (Å²) in [7, 11) is 1.58. The molecule has 5 nitrogen and oxygen atoms in total. The van der Waals surface area contributed by atoms with E-state index in [1.54, 1.807) is 44.5 Å². The van der Waals surface area contributed by atoms with E-state index in [1.807, 2.05) is 0 Å². The van der Waals surface area contributed by atoms with Crippen LogP contribution in [0.1, 0.15) is 17.2 Å². The number of hydrogen-bond donors (Lipinski definition) is 1. The summed E-state index contributed by atoms with van der Waals surface area (Å²) in [6, 6.07) is 8.56. The summed E-state index contributed by atoms with van der Waals surface area (Å²) >= 11 is 0. The van der Waals surface area contributed by atoms with Crippen LogP contribution in [-0.2, 0) is 6.54 Å². The lowest BCUT2D eigenvalue weighted by atomic mass is 10.1. The maximum Gasteiger partial charge on any atom is 0.267 e. The summed E-state index contributed by atoms with van der Waals surface area (Å²) in [5, 5.41) is 14.1. The molecule has 0 aliphatic rings. The van der Waals surface area contributed by atoms with E-state index in [9.17, 15) is 9.90 Å². The minimum Gasteiger partial charge on any atom is -0.497 e. The molecular formula is C14H16N2O3. The fourth-order valence-corrected chi connectivity index (χ4v) is 1.76. The van der Waals surface area contributed by atoms with E-state index in [2.05, 4.69) is 5.10 Å². The number of aryl methyl sites for hydroxylation is 1. The van der Waals surface area contributed by atoms with Crippen molar-refractivity contribution < 1.29 is 9.84 Å². The van der Waals surface area contributed by atoms with E-state index < -0.39 is 6.10 Å². The molecule has 0 fully saturated rings. The molecule has 100 valence electrons. The Morgan fingerprint density at radius 2 is 2.05 bits per heavy atom. The van der Waals surface area contributed by atoms with Gasteiger partial charge < -0.3 is 9.84 Å². The van der Waals surface area contributed by atoms with E-state index in [1.165, 1.54) is 10.7 Å². The van der Waals surface area contributed by atoms with Gasteiger partial charge in [-0.1, -0.05) is 12.1 Å². The van der Waals surface area contributed by atoms with Gasteiger partial charge in [-0.25, -0.2) is 4.68 Å². The number of aliphatic hydroxyl groups excluding tert-OH is 1. The van der Waals surface area contributed by atoms with Crippen LogP contribution in [-0.4, -0.2) is 22.0 Å². The van der Waals surface area contributed by atoms with Gasteiger partial charge in [0.1, 0.15) is 5.75 Å². The van der Waals surface area contributed by atoms with Crippen molar-refractivity contribution in [2.45, 2.75) is 19.6 Å². The van der Waals surface area contributed by atoms with Gasteiger partial charge in [0, 0.05) is 6.07 Å². The van der Waals surface area contributed by atoms with Crippen LogP contribution in [0, 0.1) is 6.92 Å². The van der Waals surface area contributed by atoms with Gasteiger partial charge in [0.25, 0.3) is 5.56 Å². The topological polar surface area (TPSA) is 64.3 Å². The zero-order valence-corrected chi connectivity index (χ0v) is 10.9. The van der Waals surface area contributed by atoms with Crippen LogP contribution in [0.15, 0.2) is 41.3 Å². The molecule has 1 heterocycles. The number of aromatic nitrogens is 2. The zero-order chi connectivity index (χ0) is 13.8. The molecule has 1 aromatic carbocycles. The van der Waals surface area contributed by atoms with Crippen molar-refractivity contribution in [3.05, 3.63) is 58.0 Å². The molecule has 0 radical (unpaired) electrons. The molecule has 0 saturated carbocycles. The minimum absolute atomic E-state index is 0.130. The van der Waals surface area contributed by atoms with E-state index in [-0.39, 0.29) is 12.1 Å². The molecule has 2 aromatic rings. The zero-order valence-electron chi connectivity index (χ0n) is 10.9. The van der Waals surface area contributed by atoms with E-state index in [0.717, 1.165) is 16.9 Å². The predicted molar refractivity (Wildman–Crippen MR) is 71.2 cm³/mol. The first kappa shape index (κ1) is 13.3. The Balaban J connectivity index is 2.15. The molecule has 1 aromatic heterocycles. The van der Waals surface area contributed by atoms with Crippen molar-refractivity contribution in [3.63, 3.8) is 0 Å². The van der Waals surface area contributed by atoms with Gasteiger partial charge >= 0.3 is 0 Å². The molecule has 0 amide bonds. The Morgan fingerprint density at radius 3 is 2.63 bits per heavy atom. The average molecular weight is 260 g/mol. The Kier molecular flexibility index (Phi) is 3.97. The molecule has 1 N–H and O–H groups in total. The number of rotatable bonds is 4. The minimum atomic E-state index is -0.779.